The molecule has 9 heteroatoms. The van der Waals surface area contributed by atoms with Crippen LogP contribution in [0.4, 0.5) is 11.4 Å². The summed E-state index contributed by atoms with van der Waals surface area (Å²) in [6.07, 6.45) is 3.24. The number of nitro groups is 2. The number of nitrogens with zero attached hydrogens (tertiary/aromatic N) is 3. The van der Waals surface area contributed by atoms with Gasteiger partial charge >= 0.3 is 0 Å². The Morgan fingerprint density at radius 2 is 1.39 bits per heavy atom. The lowest BCUT2D eigenvalue weighted by Gasteiger charge is -2.29. The van der Waals surface area contributed by atoms with Crippen LogP contribution in [0.2, 0.25) is 10.0 Å². The average molecular weight is 422 g/mol. The second kappa shape index (κ2) is 8.26. The smallest absolute Gasteiger partial charge is 0.286 e. The molecule has 0 aliphatic carbocycles. The van der Waals surface area contributed by atoms with E-state index in [0.29, 0.717) is 6.54 Å². The van der Waals surface area contributed by atoms with Crippen LogP contribution < -0.4 is 0 Å². The summed E-state index contributed by atoms with van der Waals surface area (Å²) in [4.78, 5) is 23.6. The lowest BCUT2D eigenvalue weighted by Crippen LogP contribution is -2.26. The molecule has 0 radical (unpaired) electrons. The van der Waals surface area contributed by atoms with Gasteiger partial charge in [0.1, 0.15) is 10.0 Å². The Balaban J connectivity index is 1.98. The summed E-state index contributed by atoms with van der Waals surface area (Å²) in [5.74, 6) is 0. The van der Waals surface area contributed by atoms with Crippen LogP contribution in [0.15, 0.2) is 49.1 Å². The van der Waals surface area contributed by atoms with Crippen LogP contribution in [0.1, 0.15) is 36.1 Å². The van der Waals surface area contributed by atoms with Gasteiger partial charge < -0.3 is 0 Å². The van der Waals surface area contributed by atoms with E-state index in [-0.39, 0.29) is 33.5 Å². The van der Waals surface area contributed by atoms with E-state index in [0.717, 1.165) is 24.0 Å². The molecule has 0 N–H and O–H groups in total. The molecule has 2 aromatic rings. The van der Waals surface area contributed by atoms with Gasteiger partial charge in [0, 0.05) is 30.8 Å². The first kappa shape index (κ1) is 20.3. The summed E-state index contributed by atoms with van der Waals surface area (Å²) >= 11 is 11.9. The highest BCUT2D eigenvalue weighted by atomic mass is 35.5. The lowest BCUT2D eigenvalue weighted by atomic mass is 10.0. The molecule has 146 valence electrons. The largest absolute Gasteiger partial charge is 0.288 e. The molecular formula is C19H17Cl2N3O4. The summed E-state index contributed by atoms with van der Waals surface area (Å²) in [5.41, 5.74) is 1.29. The lowest BCUT2D eigenvalue weighted by molar-refractivity contribution is -0.384. The molecule has 0 spiro atoms. The monoisotopic (exact) mass is 421 g/mol. The van der Waals surface area contributed by atoms with Gasteiger partial charge in [-0.2, -0.15) is 0 Å². The van der Waals surface area contributed by atoms with Gasteiger partial charge in [0.2, 0.25) is 0 Å². The highest BCUT2D eigenvalue weighted by Crippen LogP contribution is 2.45. The van der Waals surface area contributed by atoms with Crippen LogP contribution in [0.3, 0.4) is 0 Å². The molecule has 2 atom stereocenters. The SMILES string of the molecule is C=CCN1[C@@H](c2ccc(Cl)c([N+](=O)[O-])c2)CC[C@@H]1c1ccc(Cl)c([N+](=O)[O-])c1. The number of halogens is 2. The van der Waals surface area contributed by atoms with E-state index in [4.69, 9.17) is 23.2 Å². The first-order valence-corrected chi connectivity index (χ1v) is 9.33. The normalized spacial score (nSPS) is 19.5. The van der Waals surface area contributed by atoms with E-state index < -0.39 is 9.85 Å². The van der Waals surface area contributed by atoms with Crippen LogP contribution >= 0.6 is 23.2 Å². The Labute approximate surface area is 171 Å². The van der Waals surface area contributed by atoms with Crippen LogP contribution in [-0.4, -0.2) is 21.3 Å². The fourth-order valence-electron chi connectivity index (χ4n) is 3.74. The van der Waals surface area contributed by atoms with Gasteiger partial charge in [-0.05, 0) is 36.1 Å². The van der Waals surface area contributed by atoms with Gasteiger partial charge in [-0.15, -0.1) is 6.58 Å². The van der Waals surface area contributed by atoms with E-state index in [1.807, 2.05) is 0 Å². The number of benzene rings is 2. The van der Waals surface area contributed by atoms with Gasteiger partial charge in [0.05, 0.1) is 9.85 Å². The van der Waals surface area contributed by atoms with Gasteiger partial charge in [0.15, 0.2) is 0 Å². The summed E-state index contributed by atoms with van der Waals surface area (Å²) in [6, 6.07) is 9.43. The fourth-order valence-corrected chi connectivity index (χ4v) is 4.11. The highest BCUT2D eigenvalue weighted by molar-refractivity contribution is 6.33. The van der Waals surface area contributed by atoms with E-state index >= 15 is 0 Å². The fraction of sp³-hybridized carbons (Fsp3) is 0.263. The summed E-state index contributed by atoms with van der Waals surface area (Å²) in [7, 11) is 0. The van der Waals surface area contributed by atoms with Crippen LogP contribution in [0.25, 0.3) is 0 Å². The van der Waals surface area contributed by atoms with Gasteiger partial charge in [0.25, 0.3) is 11.4 Å². The number of rotatable bonds is 6. The maximum atomic E-state index is 11.2. The van der Waals surface area contributed by atoms with Gasteiger partial charge in [-0.3, -0.25) is 25.1 Å². The Hall–Kier alpha value is -2.48. The molecule has 1 aliphatic heterocycles. The third-order valence-electron chi connectivity index (χ3n) is 4.96. The molecule has 0 aromatic heterocycles. The number of nitro benzene ring substituents is 2. The van der Waals surface area contributed by atoms with E-state index in [1.165, 1.54) is 24.3 Å². The first-order chi connectivity index (χ1) is 13.3. The van der Waals surface area contributed by atoms with Crippen molar-refractivity contribution in [3.63, 3.8) is 0 Å². The molecule has 1 heterocycles. The van der Waals surface area contributed by atoms with Crippen molar-refractivity contribution in [2.45, 2.75) is 24.9 Å². The summed E-state index contributed by atoms with van der Waals surface area (Å²) < 4.78 is 0. The Kier molecular flexibility index (Phi) is 5.98. The number of likely N-dealkylation sites (tertiary alicyclic amines) is 1. The molecule has 0 saturated carbocycles. The van der Waals surface area contributed by atoms with E-state index in [1.54, 1.807) is 18.2 Å². The Morgan fingerprint density at radius 1 is 0.964 bits per heavy atom. The van der Waals surface area contributed by atoms with Crippen molar-refractivity contribution >= 4 is 34.6 Å². The molecule has 1 aliphatic rings. The first-order valence-electron chi connectivity index (χ1n) is 8.57. The zero-order valence-corrected chi connectivity index (χ0v) is 16.3. The van der Waals surface area contributed by atoms with Gasteiger partial charge in [-0.1, -0.05) is 41.4 Å². The van der Waals surface area contributed by atoms with Crippen molar-refractivity contribution in [1.29, 1.82) is 0 Å². The number of hydrogen-bond acceptors (Lipinski definition) is 5. The van der Waals surface area contributed by atoms with E-state index in [9.17, 15) is 20.2 Å². The van der Waals surface area contributed by atoms with Crippen LogP contribution in [0, 0.1) is 20.2 Å². The van der Waals surface area contributed by atoms with Crippen LogP contribution in [0.5, 0.6) is 0 Å². The molecule has 28 heavy (non-hydrogen) atoms. The third kappa shape index (κ3) is 3.87. The minimum Gasteiger partial charge on any atom is -0.286 e. The van der Waals surface area contributed by atoms with Crippen molar-refractivity contribution in [3.05, 3.63) is 90.5 Å². The zero-order chi connectivity index (χ0) is 20.4. The maximum absolute atomic E-state index is 11.2. The van der Waals surface area contributed by atoms with Crippen LogP contribution in [-0.2, 0) is 0 Å². The van der Waals surface area contributed by atoms with Gasteiger partial charge in [-0.25, -0.2) is 0 Å². The zero-order valence-electron chi connectivity index (χ0n) is 14.8. The molecule has 0 bridgehead atoms. The summed E-state index contributed by atoms with van der Waals surface area (Å²) in [6.45, 7) is 4.33. The topological polar surface area (TPSA) is 89.5 Å². The molecule has 1 fully saturated rings. The standard InChI is InChI=1S/C19H17Cl2N3O4/c1-2-9-22-16(12-3-5-14(20)18(10-12)23(25)26)7-8-17(22)13-4-6-15(21)19(11-13)24(27)28/h2-6,10-11,16-17H,1,7-9H2/t16-,17-/m1/s1. The molecule has 0 amide bonds. The van der Waals surface area contributed by atoms with Crippen molar-refractivity contribution < 1.29 is 9.85 Å². The Bertz CT molecular complexity index is 879. The minimum absolute atomic E-state index is 0.0892. The number of hydrogen-bond donors (Lipinski definition) is 0. The molecular weight excluding hydrogens is 405 g/mol. The van der Waals surface area contributed by atoms with Crippen molar-refractivity contribution in [2.24, 2.45) is 0 Å². The van der Waals surface area contributed by atoms with Crippen molar-refractivity contribution in [3.8, 4) is 0 Å². The quantitative estimate of drug-likeness (QED) is 0.330. The molecule has 7 nitrogen and oxygen atoms in total. The predicted molar refractivity (Wildman–Crippen MR) is 108 cm³/mol. The predicted octanol–water partition coefficient (Wildman–Crippen LogP) is 5.87. The average Bonchev–Trinajstić information content (AvgIpc) is 3.06. The third-order valence-corrected chi connectivity index (χ3v) is 5.60. The second-order valence-corrected chi connectivity index (χ2v) is 7.34. The van der Waals surface area contributed by atoms with E-state index in [2.05, 4.69) is 11.5 Å². The molecule has 1 saturated heterocycles. The van der Waals surface area contributed by atoms with Crippen molar-refractivity contribution in [2.75, 3.05) is 6.54 Å². The molecule has 3 rings (SSSR count). The molecule has 2 aromatic carbocycles. The van der Waals surface area contributed by atoms with Crippen molar-refractivity contribution in [1.82, 2.24) is 4.90 Å². The highest BCUT2D eigenvalue weighted by Gasteiger charge is 2.36. The summed E-state index contributed by atoms with van der Waals surface area (Å²) in [5, 5.41) is 22.6. The second-order valence-electron chi connectivity index (χ2n) is 6.53. The molecule has 0 unspecified atom stereocenters. The maximum Gasteiger partial charge on any atom is 0.288 e. The Morgan fingerprint density at radius 3 is 1.75 bits per heavy atom. The minimum atomic E-state index is -0.501.